The van der Waals surface area contributed by atoms with Crippen molar-refractivity contribution in [3.8, 4) is 0 Å². The van der Waals surface area contributed by atoms with Crippen molar-refractivity contribution >= 4 is 17.8 Å². The van der Waals surface area contributed by atoms with Crippen molar-refractivity contribution in [1.29, 1.82) is 0 Å². The molecule has 1 rings (SSSR count). The molecule has 3 N–H and O–H groups in total. The van der Waals surface area contributed by atoms with Gasteiger partial charge in [-0.3, -0.25) is 14.4 Å². The van der Waals surface area contributed by atoms with Crippen molar-refractivity contribution < 1.29 is 24.6 Å². The number of carbonyl (C=O) groups is 3. The summed E-state index contributed by atoms with van der Waals surface area (Å²) in [5, 5.41) is 20.4. The Morgan fingerprint density at radius 3 is 2.24 bits per heavy atom. The van der Waals surface area contributed by atoms with Crippen LogP contribution in [0.1, 0.15) is 41.3 Å². The number of carbonyl (C=O) groups excluding carboxylic acids is 1. The summed E-state index contributed by atoms with van der Waals surface area (Å²) in [5.41, 5.74) is 1.11. The maximum atomic E-state index is 11.9. The number of unbranched alkanes of at least 4 members (excludes halogenated alkanes) is 1. The number of carboxylic acid groups (broad SMARTS) is 2. The van der Waals surface area contributed by atoms with E-state index in [0.29, 0.717) is 23.2 Å². The van der Waals surface area contributed by atoms with Crippen molar-refractivity contribution in [2.75, 3.05) is 6.54 Å². The van der Waals surface area contributed by atoms with Gasteiger partial charge in [-0.1, -0.05) is 19.4 Å². The highest BCUT2D eigenvalue weighted by Gasteiger charge is 2.13. The molecule has 0 aromatic heterocycles. The Hall–Kier alpha value is -2.37. The van der Waals surface area contributed by atoms with Gasteiger partial charge < -0.3 is 15.5 Å². The number of nitrogens with one attached hydrogen (secondary N) is 1. The zero-order valence-corrected chi connectivity index (χ0v) is 11.9. The van der Waals surface area contributed by atoms with Crippen molar-refractivity contribution in [3.63, 3.8) is 0 Å². The van der Waals surface area contributed by atoms with Gasteiger partial charge in [0, 0.05) is 12.1 Å². The van der Waals surface area contributed by atoms with Gasteiger partial charge in [-0.2, -0.15) is 0 Å². The van der Waals surface area contributed by atoms with Crippen LogP contribution in [0.2, 0.25) is 0 Å². The molecule has 1 aromatic rings. The van der Waals surface area contributed by atoms with Gasteiger partial charge in [0.1, 0.15) is 0 Å². The van der Waals surface area contributed by atoms with E-state index >= 15 is 0 Å². The van der Waals surface area contributed by atoms with Crippen LogP contribution in [-0.2, 0) is 22.4 Å². The first-order valence-corrected chi connectivity index (χ1v) is 6.77. The van der Waals surface area contributed by atoms with Crippen LogP contribution in [0.4, 0.5) is 0 Å². The molecule has 0 saturated carbocycles. The summed E-state index contributed by atoms with van der Waals surface area (Å²) in [6.45, 7) is 2.57. The highest BCUT2D eigenvalue weighted by Crippen LogP contribution is 2.14. The molecule has 0 unspecified atom stereocenters. The van der Waals surface area contributed by atoms with Gasteiger partial charge in [0.05, 0.1) is 12.8 Å². The topological polar surface area (TPSA) is 104 Å². The average molecular weight is 293 g/mol. The molecule has 0 aliphatic carbocycles. The third-order valence-electron chi connectivity index (χ3n) is 2.97. The Morgan fingerprint density at radius 1 is 1.05 bits per heavy atom. The molecular formula is C15H19NO5. The van der Waals surface area contributed by atoms with Crippen LogP contribution in [0, 0.1) is 0 Å². The standard InChI is InChI=1S/C15H19NO5/c1-2-3-6-16-15(21)11-5-4-10(8-13(17)18)12(7-11)9-14(19)20/h4-5,7H,2-3,6,8-9H2,1H3,(H,16,21)(H,17,18)(H,19,20). The number of carboxylic acids is 2. The zero-order valence-electron chi connectivity index (χ0n) is 11.9. The van der Waals surface area contributed by atoms with Crippen molar-refractivity contribution in [2.45, 2.75) is 32.6 Å². The van der Waals surface area contributed by atoms with Gasteiger partial charge in [0.15, 0.2) is 0 Å². The molecule has 1 amide bonds. The van der Waals surface area contributed by atoms with Crippen molar-refractivity contribution in [3.05, 3.63) is 34.9 Å². The van der Waals surface area contributed by atoms with Crippen LogP contribution in [0.15, 0.2) is 18.2 Å². The first-order valence-electron chi connectivity index (χ1n) is 6.77. The van der Waals surface area contributed by atoms with Gasteiger partial charge in [0.25, 0.3) is 5.91 Å². The lowest BCUT2D eigenvalue weighted by molar-refractivity contribution is -0.137. The van der Waals surface area contributed by atoms with Gasteiger partial charge in [-0.05, 0) is 29.7 Å². The zero-order chi connectivity index (χ0) is 15.8. The molecule has 0 aliphatic rings. The molecule has 6 nitrogen and oxygen atoms in total. The average Bonchev–Trinajstić information content (AvgIpc) is 2.39. The van der Waals surface area contributed by atoms with E-state index in [1.165, 1.54) is 18.2 Å². The minimum Gasteiger partial charge on any atom is -0.481 e. The minimum absolute atomic E-state index is 0.264. The van der Waals surface area contributed by atoms with E-state index in [1.54, 1.807) is 0 Å². The molecule has 0 fully saturated rings. The van der Waals surface area contributed by atoms with Crippen LogP contribution in [0.3, 0.4) is 0 Å². The molecule has 21 heavy (non-hydrogen) atoms. The molecule has 0 aliphatic heterocycles. The lowest BCUT2D eigenvalue weighted by atomic mass is 9.98. The first-order chi connectivity index (χ1) is 9.93. The quantitative estimate of drug-likeness (QED) is 0.630. The first kappa shape index (κ1) is 16.7. The van der Waals surface area contributed by atoms with Gasteiger partial charge in [-0.15, -0.1) is 0 Å². The van der Waals surface area contributed by atoms with Crippen LogP contribution in [0.5, 0.6) is 0 Å². The Morgan fingerprint density at radius 2 is 1.67 bits per heavy atom. The molecule has 6 heteroatoms. The summed E-state index contributed by atoms with van der Waals surface area (Å²) in [6, 6.07) is 4.47. The smallest absolute Gasteiger partial charge is 0.307 e. The second kappa shape index (κ2) is 8.04. The summed E-state index contributed by atoms with van der Waals surface area (Å²) in [7, 11) is 0. The van der Waals surface area contributed by atoms with Gasteiger partial charge in [0.2, 0.25) is 0 Å². The number of hydrogen-bond acceptors (Lipinski definition) is 3. The number of benzene rings is 1. The Kier molecular flexibility index (Phi) is 6.39. The van der Waals surface area contributed by atoms with Gasteiger partial charge in [-0.25, -0.2) is 0 Å². The third-order valence-corrected chi connectivity index (χ3v) is 2.97. The van der Waals surface area contributed by atoms with E-state index < -0.39 is 11.9 Å². The number of rotatable bonds is 8. The number of amides is 1. The lowest BCUT2D eigenvalue weighted by Crippen LogP contribution is -2.24. The Labute approximate surface area is 122 Å². The molecule has 0 atom stereocenters. The molecule has 0 bridgehead atoms. The molecule has 0 saturated heterocycles. The van der Waals surface area contributed by atoms with E-state index in [1.807, 2.05) is 6.92 Å². The summed E-state index contributed by atoms with van der Waals surface area (Å²) < 4.78 is 0. The predicted molar refractivity (Wildman–Crippen MR) is 76.4 cm³/mol. The second-order valence-electron chi connectivity index (χ2n) is 4.73. The highest BCUT2D eigenvalue weighted by atomic mass is 16.4. The van der Waals surface area contributed by atoms with E-state index in [4.69, 9.17) is 10.2 Å². The molecule has 0 spiro atoms. The third kappa shape index (κ3) is 5.64. The second-order valence-corrected chi connectivity index (χ2v) is 4.73. The molecule has 114 valence electrons. The fraction of sp³-hybridized carbons (Fsp3) is 0.400. The maximum absolute atomic E-state index is 11.9. The van der Waals surface area contributed by atoms with E-state index in [2.05, 4.69) is 5.32 Å². The summed E-state index contributed by atoms with van der Waals surface area (Å²) >= 11 is 0. The summed E-state index contributed by atoms with van der Waals surface area (Å²) in [6.07, 6.45) is 1.26. The van der Waals surface area contributed by atoms with Crippen LogP contribution < -0.4 is 5.32 Å². The molecule has 0 radical (unpaired) electrons. The highest BCUT2D eigenvalue weighted by molar-refractivity contribution is 5.94. The van der Waals surface area contributed by atoms with E-state index in [9.17, 15) is 14.4 Å². The van der Waals surface area contributed by atoms with E-state index in [-0.39, 0.29) is 18.7 Å². The van der Waals surface area contributed by atoms with Crippen LogP contribution in [0.25, 0.3) is 0 Å². The maximum Gasteiger partial charge on any atom is 0.307 e. The minimum atomic E-state index is -1.06. The van der Waals surface area contributed by atoms with Crippen LogP contribution in [-0.4, -0.2) is 34.6 Å². The number of aliphatic carboxylic acids is 2. The van der Waals surface area contributed by atoms with Crippen molar-refractivity contribution in [2.24, 2.45) is 0 Å². The normalized spacial score (nSPS) is 10.1. The summed E-state index contributed by atoms with van der Waals surface area (Å²) in [4.78, 5) is 33.5. The monoisotopic (exact) mass is 293 g/mol. The van der Waals surface area contributed by atoms with Crippen molar-refractivity contribution in [1.82, 2.24) is 5.32 Å². The fourth-order valence-corrected chi connectivity index (χ4v) is 1.91. The summed E-state index contributed by atoms with van der Waals surface area (Å²) in [5.74, 6) is -2.39. The largest absolute Gasteiger partial charge is 0.481 e. The Balaban J connectivity index is 2.94. The lowest BCUT2D eigenvalue weighted by Gasteiger charge is -2.09. The Bertz CT molecular complexity index is 539. The SMILES string of the molecule is CCCCNC(=O)c1ccc(CC(=O)O)c(CC(=O)O)c1. The van der Waals surface area contributed by atoms with E-state index in [0.717, 1.165) is 12.8 Å². The predicted octanol–water partition coefficient (Wildman–Crippen LogP) is 1.47. The van der Waals surface area contributed by atoms with Gasteiger partial charge >= 0.3 is 11.9 Å². The fourth-order valence-electron chi connectivity index (χ4n) is 1.91. The molecule has 0 heterocycles. The van der Waals surface area contributed by atoms with Crippen LogP contribution >= 0.6 is 0 Å². The molecule has 1 aromatic carbocycles. The molecular weight excluding hydrogens is 274 g/mol. The number of hydrogen-bond donors (Lipinski definition) is 3.